The molecule has 1 N–H and O–H groups in total. The van der Waals surface area contributed by atoms with Crippen molar-refractivity contribution in [2.45, 2.75) is 30.3 Å². The molecule has 0 radical (unpaired) electrons. The molecule has 1 saturated heterocycles. The van der Waals surface area contributed by atoms with Gasteiger partial charge < -0.3 is 0 Å². The maximum Gasteiger partial charge on any atom is 0.240 e. The molecule has 2 heterocycles. The number of likely N-dealkylation sites (tertiary alicyclic amines) is 1. The van der Waals surface area contributed by atoms with Gasteiger partial charge in [0.25, 0.3) is 0 Å². The molecule has 5 nitrogen and oxygen atoms in total. The van der Waals surface area contributed by atoms with Crippen molar-refractivity contribution in [3.63, 3.8) is 0 Å². The third-order valence-corrected chi connectivity index (χ3v) is 7.29. The minimum atomic E-state index is -3.54. The lowest BCUT2D eigenvalue weighted by Crippen LogP contribution is -2.44. The molecule has 0 spiro atoms. The zero-order chi connectivity index (χ0) is 20.4. The van der Waals surface area contributed by atoms with Crippen LogP contribution in [-0.2, 0) is 16.6 Å². The van der Waals surface area contributed by atoms with E-state index in [-0.39, 0.29) is 10.9 Å². The molecule has 4 rings (SSSR count). The van der Waals surface area contributed by atoms with Crippen molar-refractivity contribution in [3.8, 4) is 0 Å². The van der Waals surface area contributed by atoms with Gasteiger partial charge in [0.15, 0.2) is 0 Å². The van der Waals surface area contributed by atoms with Crippen LogP contribution in [0.15, 0.2) is 59.5 Å². The van der Waals surface area contributed by atoms with E-state index in [0.717, 1.165) is 42.4 Å². The van der Waals surface area contributed by atoms with Gasteiger partial charge in [-0.1, -0.05) is 41.4 Å². The van der Waals surface area contributed by atoms with Crippen LogP contribution in [0.1, 0.15) is 18.4 Å². The van der Waals surface area contributed by atoms with Crippen molar-refractivity contribution in [1.82, 2.24) is 14.6 Å². The third kappa shape index (κ3) is 4.90. The number of hydrogen-bond donors (Lipinski definition) is 1. The molecule has 0 saturated carbocycles. The molecule has 0 atom stereocenters. The summed E-state index contributed by atoms with van der Waals surface area (Å²) in [6, 6.07) is 16.1. The molecule has 1 fully saturated rings. The Morgan fingerprint density at radius 2 is 1.72 bits per heavy atom. The van der Waals surface area contributed by atoms with Gasteiger partial charge in [0, 0.05) is 41.6 Å². The van der Waals surface area contributed by atoms with E-state index >= 15 is 0 Å². The van der Waals surface area contributed by atoms with Crippen molar-refractivity contribution in [2.75, 3.05) is 13.1 Å². The van der Waals surface area contributed by atoms with E-state index in [1.807, 2.05) is 24.3 Å². The summed E-state index contributed by atoms with van der Waals surface area (Å²) in [4.78, 5) is 7.00. The molecule has 1 aromatic heterocycles. The molecule has 29 heavy (non-hydrogen) atoms. The van der Waals surface area contributed by atoms with Crippen molar-refractivity contribution in [2.24, 2.45) is 0 Å². The lowest BCUT2D eigenvalue weighted by molar-refractivity contribution is 0.200. The number of nitrogens with zero attached hydrogens (tertiary/aromatic N) is 2. The van der Waals surface area contributed by atoms with E-state index in [1.165, 1.54) is 12.1 Å². The molecule has 2 aromatic carbocycles. The number of sulfonamides is 1. The van der Waals surface area contributed by atoms with Crippen LogP contribution in [0.3, 0.4) is 0 Å². The minimum Gasteiger partial charge on any atom is -0.299 e. The molecule has 1 aliphatic rings. The quantitative estimate of drug-likeness (QED) is 0.582. The molecule has 0 amide bonds. The van der Waals surface area contributed by atoms with Gasteiger partial charge in [-0.3, -0.25) is 4.90 Å². The van der Waals surface area contributed by atoms with E-state index < -0.39 is 10.0 Å². The number of halogens is 2. The monoisotopic (exact) mass is 449 g/mol. The fourth-order valence-electron chi connectivity index (χ4n) is 3.60. The van der Waals surface area contributed by atoms with Gasteiger partial charge in [-0.15, -0.1) is 0 Å². The third-order valence-electron chi connectivity index (χ3n) is 5.18. The lowest BCUT2D eigenvalue weighted by atomic mass is 10.1. The molecule has 1 aliphatic heterocycles. The Kier molecular flexibility index (Phi) is 6.08. The summed E-state index contributed by atoms with van der Waals surface area (Å²) in [6.07, 6.45) is 1.48. The van der Waals surface area contributed by atoms with Gasteiger partial charge in [0.1, 0.15) is 5.15 Å². The summed E-state index contributed by atoms with van der Waals surface area (Å²) in [7, 11) is -3.54. The van der Waals surface area contributed by atoms with Crippen molar-refractivity contribution < 1.29 is 8.42 Å². The Bertz CT molecular complexity index is 1110. The van der Waals surface area contributed by atoms with Gasteiger partial charge in [-0.05, 0) is 49.2 Å². The number of fused-ring (bicyclic) bond motifs is 1. The predicted octanol–water partition coefficient (Wildman–Crippen LogP) is 4.48. The molecule has 152 valence electrons. The van der Waals surface area contributed by atoms with Gasteiger partial charge in [0.2, 0.25) is 10.0 Å². The first-order chi connectivity index (χ1) is 13.9. The van der Waals surface area contributed by atoms with E-state index in [1.54, 1.807) is 12.1 Å². The molecule has 0 aliphatic carbocycles. The molecule has 3 aromatic rings. The Hall–Kier alpha value is -1.70. The van der Waals surface area contributed by atoms with Crippen molar-refractivity contribution in [3.05, 3.63) is 70.3 Å². The first kappa shape index (κ1) is 20.6. The fourth-order valence-corrected chi connectivity index (χ4v) is 5.23. The molecular weight excluding hydrogens is 429 g/mol. The number of hydrogen-bond acceptors (Lipinski definition) is 4. The number of pyridine rings is 1. The van der Waals surface area contributed by atoms with Gasteiger partial charge in [-0.2, -0.15) is 0 Å². The number of rotatable bonds is 5. The highest BCUT2D eigenvalue weighted by atomic mass is 35.5. The number of para-hydroxylation sites is 1. The van der Waals surface area contributed by atoms with Crippen LogP contribution in [0.5, 0.6) is 0 Å². The van der Waals surface area contributed by atoms with E-state index in [9.17, 15) is 8.42 Å². The Labute approximate surface area is 180 Å². The second-order valence-corrected chi connectivity index (χ2v) is 9.77. The van der Waals surface area contributed by atoms with Crippen LogP contribution < -0.4 is 4.72 Å². The second kappa shape index (κ2) is 8.58. The average molecular weight is 450 g/mol. The molecular formula is C21H21Cl2N3O2S. The van der Waals surface area contributed by atoms with Crippen LogP contribution in [0.2, 0.25) is 10.2 Å². The first-order valence-corrected chi connectivity index (χ1v) is 11.7. The Balaban J connectivity index is 1.37. The second-order valence-electron chi connectivity index (χ2n) is 7.26. The Morgan fingerprint density at radius 1 is 1.03 bits per heavy atom. The Morgan fingerprint density at radius 3 is 2.45 bits per heavy atom. The maximum atomic E-state index is 12.6. The smallest absolute Gasteiger partial charge is 0.240 e. The van der Waals surface area contributed by atoms with Gasteiger partial charge in [0.05, 0.1) is 10.4 Å². The summed E-state index contributed by atoms with van der Waals surface area (Å²) < 4.78 is 27.9. The standard InChI is InChI=1S/C21H21Cl2N3O2S/c22-17-5-7-19(8-6-17)29(27,28)25-18-9-11-26(12-10-18)14-16-13-15-3-1-2-4-20(15)24-21(16)23/h1-8,13,18,25H,9-12,14H2. The number of benzene rings is 2. The van der Waals surface area contributed by atoms with Crippen LogP contribution >= 0.6 is 23.2 Å². The number of piperidine rings is 1. The number of nitrogens with one attached hydrogen (secondary N) is 1. The summed E-state index contributed by atoms with van der Waals surface area (Å²) in [5, 5.41) is 2.10. The van der Waals surface area contributed by atoms with Crippen LogP contribution in [0.4, 0.5) is 0 Å². The highest BCUT2D eigenvalue weighted by Gasteiger charge is 2.25. The molecule has 0 unspecified atom stereocenters. The maximum absolute atomic E-state index is 12.6. The zero-order valence-electron chi connectivity index (χ0n) is 15.7. The van der Waals surface area contributed by atoms with Crippen LogP contribution in [-0.4, -0.2) is 37.4 Å². The molecule has 8 heteroatoms. The summed E-state index contributed by atoms with van der Waals surface area (Å²) in [5.41, 5.74) is 1.88. The fraction of sp³-hybridized carbons (Fsp3) is 0.286. The SMILES string of the molecule is O=S(=O)(NC1CCN(Cc2cc3ccccc3nc2Cl)CC1)c1ccc(Cl)cc1. The van der Waals surface area contributed by atoms with Gasteiger partial charge in [-0.25, -0.2) is 18.1 Å². The van der Waals surface area contributed by atoms with Crippen molar-refractivity contribution >= 4 is 44.1 Å². The van der Waals surface area contributed by atoms with E-state index in [0.29, 0.717) is 16.7 Å². The average Bonchev–Trinajstić information content (AvgIpc) is 2.70. The summed E-state index contributed by atoms with van der Waals surface area (Å²) in [6.45, 7) is 2.28. The summed E-state index contributed by atoms with van der Waals surface area (Å²) in [5.74, 6) is 0. The normalized spacial score (nSPS) is 16.3. The van der Waals surface area contributed by atoms with Crippen LogP contribution in [0, 0.1) is 0 Å². The van der Waals surface area contributed by atoms with Crippen molar-refractivity contribution in [1.29, 1.82) is 0 Å². The minimum absolute atomic E-state index is 0.0860. The largest absolute Gasteiger partial charge is 0.299 e. The zero-order valence-corrected chi connectivity index (χ0v) is 18.0. The first-order valence-electron chi connectivity index (χ1n) is 9.45. The van der Waals surface area contributed by atoms with Crippen LogP contribution in [0.25, 0.3) is 10.9 Å². The van der Waals surface area contributed by atoms with E-state index in [2.05, 4.69) is 20.7 Å². The van der Waals surface area contributed by atoms with E-state index in [4.69, 9.17) is 23.2 Å². The topological polar surface area (TPSA) is 62.3 Å². The predicted molar refractivity (Wildman–Crippen MR) is 117 cm³/mol. The highest BCUT2D eigenvalue weighted by Crippen LogP contribution is 2.24. The lowest BCUT2D eigenvalue weighted by Gasteiger charge is -2.32. The molecule has 0 bridgehead atoms. The highest BCUT2D eigenvalue weighted by molar-refractivity contribution is 7.89. The number of aromatic nitrogens is 1. The van der Waals surface area contributed by atoms with Gasteiger partial charge >= 0.3 is 0 Å². The summed E-state index contributed by atoms with van der Waals surface area (Å²) >= 11 is 12.2.